The quantitative estimate of drug-likeness (QED) is 0.0306. The van der Waals surface area contributed by atoms with Crippen molar-refractivity contribution in [2.24, 2.45) is 4.99 Å². The Morgan fingerprint density at radius 3 is 1.93 bits per heavy atom. The summed E-state index contributed by atoms with van der Waals surface area (Å²) in [5.41, 5.74) is 35.7. The molecule has 0 atom stereocenters. The average molecular weight is 801 g/mol. The van der Waals surface area contributed by atoms with Gasteiger partial charge < -0.3 is 22.1 Å². The van der Waals surface area contributed by atoms with Crippen LogP contribution in [-0.4, -0.2) is 23.8 Å². The second-order valence-electron chi connectivity index (χ2n) is 17.1. The number of aliphatic imine (C=N–C) groups is 1. The number of hydrogen-bond acceptors (Lipinski definition) is 6. The number of quaternary nitrogens is 1. The molecule has 0 unspecified atom stereocenters. The van der Waals surface area contributed by atoms with E-state index in [1.54, 1.807) is 0 Å². The first-order valence-corrected chi connectivity index (χ1v) is 21.7. The maximum atomic E-state index is 6.46. The Labute approximate surface area is 356 Å². The van der Waals surface area contributed by atoms with E-state index in [4.69, 9.17) is 21.4 Å². The second kappa shape index (κ2) is 18.5. The summed E-state index contributed by atoms with van der Waals surface area (Å²) < 4.78 is 2.34. The van der Waals surface area contributed by atoms with Gasteiger partial charge in [-0.05, 0) is 127 Å². The summed E-state index contributed by atoms with van der Waals surface area (Å²) in [4.78, 5) is 10.2. The molecule has 0 bridgehead atoms. The zero-order valence-electron chi connectivity index (χ0n) is 37.0. The minimum atomic E-state index is 0.779. The van der Waals surface area contributed by atoms with E-state index in [1.165, 1.54) is 70.5 Å². The molecule has 0 aliphatic heterocycles. The largest absolute Gasteiger partial charge is 0.398 e. The van der Waals surface area contributed by atoms with E-state index in [1.807, 2.05) is 13.8 Å². The van der Waals surface area contributed by atoms with E-state index in [0.29, 0.717) is 0 Å². The molecule has 60 heavy (non-hydrogen) atoms. The fourth-order valence-electron chi connectivity index (χ4n) is 8.38. The van der Waals surface area contributed by atoms with Crippen LogP contribution in [0.15, 0.2) is 101 Å². The molecular formula is C52H64N8+2. The first kappa shape index (κ1) is 42.1. The molecule has 1 heterocycles. The standard InChI is InChI=1S/C52H62N8/c1-32-15-18-44(36(5)23-32)58-47-29-41(53)34(3)26-46(47)57-40-17-19-43(37(6)25-40)55-21-13-11-9-10-12-14-22-56-45-31-52-49(28-38(45)7)59-48-27-35(4)42(54)30-51(48)60(52)50-20-16-33(2)24-39(50)8/h15-16,18-20,23-31,55,58H,9-14,17,21-22,53H2,1-8H3,(H2,54,56)/p+2. The Morgan fingerprint density at radius 1 is 0.617 bits per heavy atom. The lowest BCUT2D eigenvalue weighted by Crippen LogP contribution is -2.71. The SMILES string of the molecule is CC1=CC(=Nc2cc(C)c(N)cc2[NH2+]c2ccc(C)cc2C)CC=C1NCCCCCCCCNc1cc2c(cc1C)nc1cc(C)c(N)cc1[n+]2-c1ccc(C)cc1C. The van der Waals surface area contributed by atoms with Crippen LogP contribution >= 0.6 is 0 Å². The van der Waals surface area contributed by atoms with Crippen LogP contribution in [0.2, 0.25) is 0 Å². The van der Waals surface area contributed by atoms with E-state index in [-0.39, 0.29) is 0 Å². The highest BCUT2D eigenvalue weighted by atomic mass is 15.0. The lowest BCUT2D eigenvalue weighted by atomic mass is 10.0. The van der Waals surface area contributed by atoms with Crippen LogP contribution < -0.4 is 32.0 Å². The molecule has 1 aliphatic carbocycles. The number of unbranched alkanes of at least 4 members (excludes halogenated alkanes) is 5. The van der Waals surface area contributed by atoms with E-state index in [0.717, 1.165) is 105 Å². The summed E-state index contributed by atoms with van der Waals surface area (Å²) in [5, 5.41) is 9.67. The number of nitrogens with zero attached hydrogens (tertiary/aromatic N) is 3. The smallest absolute Gasteiger partial charge is 0.239 e. The van der Waals surface area contributed by atoms with Gasteiger partial charge in [0.2, 0.25) is 16.7 Å². The van der Waals surface area contributed by atoms with Gasteiger partial charge in [-0.2, -0.15) is 0 Å². The van der Waals surface area contributed by atoms with Crippen LogP contribution in [-0.2, 0) is 0 Å². The number of benzene rings is 5. The topological polar surface area (TPSA) is 122 Å². The number of nitrogens with two attached hydrogens (primary N) is 3. The number of aromatic nitrogens is 2. The van der Waals surface area contributed by atoms with Gasteiger partial charge in [-0.1, -0.05) is 61.1 Å². The summed E-state index contributed by atoms with van der Waals surface area (Å²) in [7, 11) is 0. The van der Waals surface area contributed by atoms with Crippen LogP contribution in [0, 0.1) is 48.5 Å². The minimum Gasteiger partial charge on any atom is -0.398 e. The van der Waals surface area contributed by atoms with Crippen LogP contribution in [0.1, 0.15) is 90.8 Å². The van der Waals surface area contributed by atoms with E-state index in [9.17, 15) is 0 Å². The van der Waals surface area contributed by atoms with Crippen molar-refractivity contribution in [3.05, 3.63) is 135 Å². The Kier molecular flexibility index (Phi) is 13.0. The summed E-state index contributed by atoms with van der Waals surface area (Å²) in [5.74, 6) is 0. The molecule has 8 N–H and O–H groups in total. The van der Waals surface area contributed by atoms with Crippen molar-refractivity contribution in [3.8, 4) is 5.69 Å². The predicted octanol–water partition coefficient (Wildman–Crippen LogP) is 10.9. The molecule has 7 rings (SSSR count). The molecule has 5 aromatic carbocycles. The fraction of sp³-hybridized carbons (Fsp3) is 0.327. The average Bonchev–Trinajstić information content (AvgIpc) is 3.19. The lowest BCUT2D eigenvalue weighted by molar-refractivity contribution is -0.538. The predicted molar refractivity (Wildman–Crippen MR) is 255 cm³/mol. The monoisotopic (exact) mass is 801 g/mol. The van der Waals surface area contributed by atoms with E-state index >= 15 is 0 Å². The Balaban J connectivity index is 0.882. The number of hydrogen-bond donors (Lipinski definition) is 5. The summed E-state index contributed by atoms with van der Waals surface area (Å²) >= 11 is 0. The highest BCUT2D eigenvalue weighted by Gasteiger charge is 2.24. The van der Waals surface area contributed by atoms with Crippen molar-refractivity contribution >= 4 is 61.9 Å². The molecule has 310 valence electrons. The zero-order valence-corrected chi connectivity index (χ0v) is 37.0. The third-order valence-corrected chi connectivity index (χ3v) is 12.0. The van der Waals surface area contributed by atoms with Crippen molar-refractivity contribution in [1.82, 2.24) is 10.3 Å². The number of allylic oxidation sites excluding steroid dienone is 3. The van der Waals surface area contributed by atoms with Gasteiger partial charge in [-0.3, -0.25) is 5.32 Å². The van der Waals surface area contributed by atoms with Crippen LogP contribution in [0.5, 0.6) is 0 Å². The molecule has 6 aromatic rings. The number of anilines is 3. The van der Waals surface area contributed by atoms with Gasteiger partial charge in [0.1, 0.15) is 22.4 Å². The number of fused-ring (bicyclic) bond motifs is 2. The van der Waals surface area contributed by atoms with Crippen molar-refractivity contribution in [2.45, 2.75) is 100 Å². The molecule has 8 heteroatoms. The van der Waals surface area contributed by atoms with E-state index < -0.39 is 0 Å². The molecule has 0 radical (unpaired) electrons. The molecule has 0 fully saturated rings. The Hall–Kier alpha value is -5.99. The van der Waals surface area contributed by atoms with Crippen molar-refractivity contribution in [3.63, 3.8) is 0 Å². The number of rotatable bonds is 15. The highest BCUT2D eigenvalue weighted by Crippen LogP contribution is 2.31. The Bertz CT molecular complexity index is 2670. The molecular weight excluding hydrogens is 737 g/mol. The number of nitrogen functional groups attached to an aromatic ring is 2. The van der Waals surface area contributed by atoms with Gasteiger partial charge in [-0.15, -0.1) is 4.57 Å². The molecule has 8 nitrogen and oxygen atoms in total. The van der Waals surface area contributed by atoms with Crippen LogP contribution in [0.3, 0.4) is 0 Å². The van der Waals surface area contributed by atoms with Crippen LogP contribution in [0.4, 0.5) is 34.1 Å². The first-order chi connectivity index (χ1) is 28.8. The van der Waals surface area contributed by atoms with Crippen LogP contribution in [0.25, 0.3) is 27.8 Å². The van der Waals surface area contributed by atoms with Gasteiger partial charge in [0.15, 0.2) is 5.69 Å². The van der Waals surface area contributed by atoms with Crippen molar-refractivity contribution in [1.29, 1.82) is 0 Å². The third kappa shape index (κ3) is 9.72. The van der Waals surface area contributed by atoms with Crippen molar-refractivity contribution < 1.29 is 9.88 Å². The molecule has 0 saturated carbocycles. The molecule has 0 spiro atoms. The number of aryl methyl sites for hydroxylation is 7. The molecule has 1 aliphatic rings. The number of nitrogens with one attached hydrogen (secondary N) is 2. The summed E-state index contributed by atoms with van der Waals surface area (Å²) in [6.07, 6.45) is 12.6. The van der Waals surface area contributed by atoms with Gasteiger partial charge in [0, 0.05) is 83.4 Å². The third-order valence-electron chi connectivity index (χ3n) is 12.0. The van der Waals surface area contributed by atoms with E-state index in [2.05, 4.69) is 147 Å². The van der Waals surface area contributed by atoms with Gasteiger partial charge in [-0.25, -0.2) is 9.98 Å². The Morgan fingerprint density at radius 2 is 1.23 bits per heavy atom. The van der Waals surface area contributed by atoms with Gasteiger partial charge in [0.25, 0.3) is 0 Å². The second-order valence-corrected chi connectivity index (χ2v) is 17.1. The zero-order chi connectivity index (χ0) is 42.5. The maximum absolute atomic E-state index is 6.46. The molecule has 0 saturated heterocycles. The molecule has 0 amide bonds. The highest BCUT2D eigenvalue weighted by molar-refractivity contribution is 6.00. The first-order valence-electron chi connectivity index (χ1n) is 21.7. The summed E-state index contributed by atoms with van der Waals surface area (Å²) in [6.45, 7) is 19.0. The van der Waals surface area contributed by atoms with Gasteiger partial charge in [0.05, 0.1) is 0 Å². The molecule has 1 aromatic heterocycles. The lowest BCUT2D eigenvalue weighted by Gasteiger charge is -2.17. The fourth-order valence-corrected chi connectivity index (χ4v) is 8.38. The van der Waals surface area contributed by atoms with Crippen molar-refractivity contribution in [2.75, 3.05) is 29.9 Å². The normalized spacial score (nSPS) is 13.6. The van der Waals surface area contributed by atoms with Gasteiger partial charge >= 0.3 is 0 Å². The summed E-state index contributed by atoms with van der Waals surface area (Å²) in [6, 6.07) is 26.0. The minimum absolute atomic E-state index is 0.779. The maximum Gasteiger partial charge on any atom is 0.239 e.